The summed E-state index contributed by atoms with van der Waals surface area (Å²) in [4.78, 5) is 19.1. The first-order valence-electron chi connectivity index (χ1n) is 12.3. The smallest absolute Gasteiger partial charge is 0.227 e. The van der Waals surface area contributed by atoms with E-state index in [9.17, 15) is 4.79 Å². The summed E-state index contributed by atoms with van der Waals surface area (Å²) in [6.07, 6.45) is 7.21. The van der Waals surface area contributed by atoms with Gasteiger partial charge in [0.1, 0.15) is 0 Å². The number of guanidine groups is 1. The Hall–Kier alpha value is -2.13. The third-order valence-electron chi connectivity index (χ3n) is 6.69. The molecule has 34 heavy (non-hydrogen) atoms. The Morgan fingerprint density at radius 1 is 0.912 bits per heavy atom. The Balaban J connectivity index is 0.00000324. The minimum atomic E-state index is 0. The first-order chi connectivity index (χ1) is 16.2. The monoisotopic (exact) mass is 575 g/mol. The summed E-state index contributed by atoms with van der Waals surface area (Å²) in [5.74, 6) is 1.09. The molecule has 0 aromatic heterocycles. The summed E-state index contributed by atoms with van der Waals surface area (Å²) in [5.41, 5.74) is 4.58. The number of amides is 1. The highest BCUT2D eigenvalue weighted by Crippen LogP contribution is 2.27. The van der Waals surface area contributed by atoms with Gasteiger partial charge in [-0.3, -0.25) is 14.7 Å². The molecule has 4 rings (SSSR count). The molecule has 0 spiro atoms. The van der Waals surface area contributed by atoms with E-state index in [1.807, 2.05) is 18.2 Å². The molecule has 7 heteroatoms. The number of hydrogen-bond acceptors (Lipinski definition) is 3. The van der Waals surface area contributed by atoms with Crippen molar-refractivity contribution in [2.45, 2.75) is 58.2 Å². The second-order valence-corrected chi connectivity index (χ2v) is 9.25. The van der Waals surface area contributed by atoms with Crippen LogP contribution in [0.5, 0.6) is 0 Å². The average molecular weight is 576 g/mol. The number of halogens is 1. The molecule has 0 bridgehead atoms. The molecule has 6 nitrogen and oxygen atoms in total. The summed E-state index contributed by atoms with van der Waals surface area (Å²) in [6.45, 7) is 4.86. The number of piperidine rings is 1. The molecule has 2 fully saturated rings. The second-order valence-electron chi connectivity index (χ2n) is 9.25. The van der Waals surface area contributed by atoms with Crippen LogP contribution in [0.1, 0.15) is 55.2 Å². The van der Waals surface area contributed by atoms with E-state index in [1.54, 1.807) is 7.05 Å². The average Bonchev–Trinajstić information content (AvgIpc) is 2.80. The Bertz CT molecular complexity index is 936. The zero-order valence-corrected chi connectivity index (χ0v) is 22.5. The van der Waals surface area contributed by atoms with E-state index in [0.717, 1.165) is 49.6 Å². The number of benzene rings is 2. The number of carbonyl (C=O) groups excluding carboxylic acids is 1. The Kier molecular flexibility index (Phi) is 10.7. The van der Waals surface area contributed by atoms with Crippen LogP contribution in [0, 0.1) is 5.92 Å². The topological polar surface area (TPSA) is 68.8 Å². The lowest BCUT2D eigenvalue weighted by Crippen LogP contribution is -2.36. The lowest BCUT2D eigenvalue weighted by atomic mass is 9.85. The number of likely N-dealkylation sites (tertiary alicyclic amines) is 1. The van der Waals surface area contributed by atoms with Crippen molar-refractivity contribution in [2.75, 3.05) is 25.5 Å². The molecular weight excluding hydrogens is 537 g/mol. The van der Waals surface area contributed by atoms with Gasteiger partial charge in [0.05, 0.1) is 0 Å². The number of rotatable bonds is 8. The molecule has 2 aromatic carbocycles. The van der Waals surface area contributed by atoms with Gasteiger partial charge in [0.2, 0.25) is 5.91 Å². The van der Waals surface area contributed by atoms with Crippen LogP contribution >= 0.6 is 24.0 Å². The minimum Gasteiger partial charge on any atom is -0.352 e. The van der Waals surface area contributed by atoms with Crippen molar-refractivity contribution < 1.29 is 4.79 Å². The molecule has 2 aromatic rings. The summed E-state index contributed by atoms with van der Waals surface area (Å²) < 4.78 is 0. The summed E-state index contributed by atoms with van der Waals surface area (Å²) in [6, 6.07) is 16.9. The first-order valence-corrected chi connectivity index (χ1v) is 12.3. The highest BCUT2D eigenvalue weighted by Gasteiger charge is 2.25. The quantitative estimate of drug-likeness (QED) is 0.238. The molecule has 184 valence electrons. The van der Waals surface area contributed by atoms with Crippen molar-refractivity contribution in [2.24, 2.45) is 10.9 Å². The molecule has 1 saturated carbocycles. The van der Waals surface area contributed by atoms with E-state index in [2.05, 4.69) is 56.2 Å². The van der Waals surface area contributed by atoms with E-state index >= 15 is 0 Å². The Morgan fingerprint density at radius 2 is 1.59 bits per heavy atom. The maximum Gasteiger partial charge on any atom is 0.227 e. The van der Waals surface area contributed by atoms with Crippen LogP contribution in [-0.2, 0) is 24.4 Å². The van der Waals surface area contributed by atoms with Crippen molar-refractivity contribution in [3.8, 4) is 0 Å². The molecule has 1 heterocycles. The number of aliphatic imine (C=N–C) groups is 1. The van der Waals surface area contributed by atoms with Gasteiger partial charge in [-0.25, -0.2) is 0 Å². The highest BCUT2D eigenvalue weighted by atomic mass is 127. The van der Waals surface area contributed by atoms with Crippen LogP contribution in [0.3, 0.4) is 0 Å². The van der Waals surface area contributed by atoms with Crippen LogP contribution in [-0.4, -0.2) is 36.9 Å². The van der Waals surface area contributed by atoms with Crippen LogP contribution in [0.15, 0.2) is 53.5 Å². The van der Waals surface area contributed by atoms with Crippen molar-refractivity contribution >= 4 is 41.5 Å². The van der Waals surface area contributed by atoms with Crippen molar-refractivity contribution in [3.63, 3.8) is 0 Å². The van der Waals surface area contributed by atoms with Crippen LogP contribution in [0.2, 0.25) is 0 Å². The predicted molar refractivity (Wildman–Crippen MR) is 150 cm³/mol. The van der Waals surface area contributed by atoms with Crippen LogP contribution in [0.4, 0.5) is 5.69 Å². The lowest BCUT2D eigenvalue weighted by molar-refractivity contribution is -0.122. The van der Waals surface area contributed by atoms with Gasteiger partial charge in [-0.1, -0.05) is 49.2 Å². The maximum absolute atomic E-state index is 12.2. The summed E-state index contributed by atoms with van der Waals surface area (Å²) >= 11 is 0. The zero-order chi connectivity index (χ0) is 22.9. The second kappa shape index (κ2) is 13.7. The fourth-order valence-corrected chi connectivity index (χ4v) is 4.40. The number of nitrogens with zero attached hydrogens (tertiary/aromatic N) is 2. The van der Waals surface area contributed by atoms with E-state index in [-0.39, 0.29) is 35.8 Å². The Labute approximate surface area is 221 Å². The van der Waals surface area contributed by atoms with E-state index in [1.165, 1.54) is 43.5 Å². The standard InChI is InChI=1S/C27H37N5O.HI/c1-28-27(29-18-21-11-13-22(14-12-21)20-32-15-3-2-4-16-32)30-19-23-7-5-10-25(17-23)31-26(33)24-8-6-9-24;/h5,7,10-14,17,24H,2-4,6,8-9,15-16,18-20H2,1H3,(H,31,33)(H2,28,29,30);1H. The number of nitrogens with one attached hydrogen (secondary N) is 3. The van der Waals surface area contributed by atoms with Crippen LogP contribution in [0.25, 0.3) is 0 Å². The third kappa shape index (κ3) is 7.98. The van der Waals surface area contributed by atoms with Crippen LogP contribution < -0.4 is 16.0 Å². The SMILES string of the molecule is CN=C(NCc1ccc(CN2CCCCC2)cc1)NCc1cccc(NC(=O)C2CCC2)c1.I. The molecule has 3 N–H and O–H groups in total. The molecular formula is C27H38IN5O. The van der Waals surface area contributed by atoms with Gasteiger partial charge in [-0.05, 0) is 67.6 Å². The van der Waals surface area contributed by atoms with Gasteiger partial charge in [-0.15, -0.1) is 24.0 Å². The molecule has 1 saturated heterocycles. The maximum atomic E-state index is 12.2. The minimum absolute atomic E-state index is 0. The van der Waals surface area contributed by atoms with Gasteiger partial charge >= 0.3 is 0 Å². The van der Waals surface area contributed by atoms with E-state index in [4.69, 9.17) is 0 Å². The highest BCUT2D eigenvalue weighted by molar-refractivity contribution is 14.0. The number of carbonyl (C=O) groups is 1. The van der Waals surface area contributed by atoms with Gasteiger partial charge in [-0.2, -0.15) is 0 Å². The van der Waals surface area contributed by atoms with E-state index in [0.29, 0.717) is 6.54 Å². The molecule has 0 unspecified atom stereocenters. The fraction of sp³-hybridized carbons (Fsp3) is 0.481. The zero-order valence-electron chi connectivity index (χ0n) is 20.2. The van der Waals surface area contributed by atoms with Gasteiger partial charge in [0.15, 0.2) is 5.96 Å². The van der Waals surface area contributed by atoms with Gasteiger partial charge in [0.25, 0.3) is 0 Å². The molecule has 0 atom stereocenters. The summed E-state index contributed by atoms with van der Waals surface area (Å²) in [5, 5.41) is 9.81. The first kappa shape index (κ1) is 26.5. The third-order valence-corrected chi connectivity index (χ3v) is 6.69. The fourth-order valence-electron chi connectivity index (χ4n) is 4.40. The van der Waals surface area contributed by atoms with Crippen molar-refractivity contribution in [3.05, 3.63) is 65.2 Å². The Morgan fingerprint density at radius 3 is 2.24 bits per heavy atom. The van der Waals surface area contributed by atoms with Gasteiger partial charge in [0, 0.05) is 38.3 Å². The van der Waals surface area contributed by atoms with Crippen molar-refractivity contribution in [1.29, 1.82) is 0 Å². The van der Waals surface area contributed by atoms with Gasteiger partial charge < -0.3 is 16.0 Å². The summed E-state index contributed by atoms with van der Waals surface area (Å²) in [7, 11) is 1.78. The number of anilines is 1. The van der Waals surface area contributed by atoms with Crippen molar-refractivity contribution in [1.82, 2.24) is 15.5 Å². The lowest BCUT2D eigenvalue weighted by Gasteiger charge is -2.26. The molecule has 1 aliphatic carbocycles. The normalized spacial score (nSPS) is 16.8. The molecule has 1 aliphatic heterocycles. The number of hydrogen-bond donors (Lipinski definition) is 3. The molecule has 2 aliphatic rings. The molecule has 0 radical (unpaired) electrons. The predicted octanol–water partition coefficient (Wildman–Crippen LogP) is 4.89. The largest absolute Gasteiger partial charge is 0.352 e. The van der Waals surface area contributed by atoms with E-state index < -0.39 is 0 Å². The molecule has 1 amide bonds.